The Hall–Kier alpha value is -3.33. The average molecular weight is 787 g/mol. The fraction of sp³-hybridized carbons (Fsp3) is 0.556. The zero-order chi connectivity index (χ0) is 40.5. The lowest BCUT2D eigenvalue weighted by molar-refractivity contribution is -0.161. The molecule has 0 amide bonds. The van der Waals surface area contributed by atoms with Crippen molar-refractivity contribution in [3.8, 4) is 0 Å². The molecule has 0 fully saturated rings. The molecule has 0 aromatic carbocycles. The fourth-order valence-electron chi connectivity index (χ4n) is 4.82. The summed E-state index contributed by atoms with van der Waals surface area (Å²) in [5.41, 5.74) is 0. The first kappa shape index (κ1) is 51.7. The van der Waals surface area contributed by atoms with Gasteiger partial charge in [-0.05, 0) is 110 Å². The predicted octanol–water partition coefficient (Wildman–Crippen LogP) is 11.4. The van der Waals surface area contributed by atoms with Crippen LogP contribution in [0.25, 0.3) is 0 Å². The van der Waals surface area contributed by atoms with Crippen molar-refractivity contribution in [3.05, 3.63) is 109 Å². The van der Waals surface area contributed by atoms with E-state index in [9.17, 15) is 19.3 Å². The van der Waals surface area contributed by atoms with Crippen molar-refractivity contribution in [2.75, 3.05) is 13.2 Å². The molecule has 0 aromatic rings. The molecule has 10 heteroatoms. The molecule has 3 N–H and O–H groups in total. The Bertz CT molecular complexity index is 1260. The molecule has 9 nitrogen and oxygen atoms in total. The van der Waals surface area contributed by atoms with E-state index in [1.807, 2.05) is 19.1 Å². The molecule has 0 bridgehead atoms. The lowest BCUT2D eigenvalue weighted by Crippen LogP contribution is -2.29. The normalized spacial score (nSPS) is 14.2. The van der Waals surface area contributed by atoms with Gasteiger partial charge in [-0.1, -0.05) is 123 Å². The third kappa shape index (κ3) is 43.3. The summed E-state index contributed by atoms with van der Waals surface area (Å²) < 4.78 is 26.3. The predicted molar refractivity (Wildman–Crippen MR) is 226 cm³/mol. The van der Waals surface area contributed by atoms with Crippen LogP contribution in [-0.4, -0.2) is 52.3 Å². The highest BCUT2D eigenvalue weighted by Gasteiger charge is 2.22. The van der Waals surface area contributed by atoms with E-state index in [1.54, 1.807) is 0 Å². The molecule has 0 saturated carbocycles. The third-order valence-electron chi connectivity index (χ3n) is 7.79. The molecule has 0 aliphatic carbocycles. The molecular weight excluding hydrogens is 715 g/mol. The van der Waals surface area contributed by atoms with Gasteiger partial charge in [0.1, 0.15) is 6.61 Å². The number of hydrogen-bond acceptors (Lipinski definition) is 7. The molecule has 0 aromatic heterocycles. The summed E-state index contributed by atoms with van der Waals surface area (Å²) in [5, 5.41) is 9.25. The van der Waals surface area contributed by atoms with Crippen LogP contribution in [-0.2, 0) is 28.2 Å². The van der Waals surface area contributed by atoms with Crippen LogP contribution >= 0.6 is 7.82 Å². The minimum atomic E-state index is -4.79. The number of phosphoric ester groups is 1. The monoisotopic (exact) mass is 786 g/mol. The second kappa shape index (κ2) is 38.9. The Morgan fingerprint density at radius 1 is 0.545 bits per heavy atom. The molecule has 55 heavy (non-hydrogen) atoms. The van der Waals surface area contributed by atoms with Crippen molar-refractivity contribution in [2.45, 2.75) is 148 Å². The molecule has 0 aliphatic rings. The zero-order valence-corrected chi connectivity index (χ0v) is 34.5. The fourth-order valence-corrected chi connectivity index (χ4v) is 5.18. The summed E-state index contributed by atoms with van der Waals surface area (Å²) in [7, 11) is -4.79. The highest BCUT2D eigenvalue weighted by Crippen LogP contribution is 2.36. The SMILES string of the molecule is CC/C=C\C/C=C\C/C=C\C/C=C\C/C=C\CCCCCC(=O)O[C@H](COC(=O)CCC/C=C\C/C=C\C/C=C\C/C=C\CCC[C@@H](C)O)COP(=O)(O)O. The van der Waals surface area contributed by atoms with Crippen LogP contribution in [0.4, 0.5) is 0 Å². The molecule has 2 atom stereocenters. The highest BCUT2D eigenvalue weighted by molar-refractivity contribution is 7.46. The maximum Gasteiger partial charge on any atom is 0.469 e. The Labute approximate surface area is 332 Å². The Morgan fingerprint density at radius 2 is 0.964 bits per heavy atom. The minimum absolute atomic E-state index is 0.147. The second-order valence-corrected chi connectivity index (χ2v) is 14.4. The van der Waals surface area contributed by atoms with Crippen LogP contribution in [0.2, 0.25) is 0 Å². The van der Waals surface area contributed by atoms with Gasteiger partial charge < -0.3 is 24.4 Å². The molecule has 0 heterocycles. The van der Waals surface area contributed by atoms with Gasteiger partial charge in [-0.2, -0.15) is 0 Å². The van der Waals surface area contributed by atoms with E-state index in [1.165, 1.54) is 0 Å². The average Bonchev–Trinajstić information content (AvgIpc) is 3.14. The number of carbonyl (C=O) groups is 2. The van der Waals surface area contributed by atoms with Gasteiger partial charge in [0, 0.05) is 12.8 Å². The van der Waals surface area contributed by atoms with Crippen molar-refractivity contribution in [1.29, 1.82) is 0 Å². The molecule has 0 aliphatic heterocycles. The van der Waals surface area contributed by atoms with E-state index in [0.29, 0.717) is 19.3 Å². The van der Waals surface area contributed by atoms with Crippen LogP contribution in [0.5, 0.6) is 0 Å². The Balaban J connectivity index is 4.14. The summed E-state index contributed by atoms with van der Waals surface area (Å²) in [6.45, 7) is 3.02. The summed E-state index contributed by atoms with van der Waals surface area (Å²) in [5.74, 6) is -1.02. The highest BCUT2D eigenvalue weighted by atomic mass is 31.2. The van der Waals surface area contributed by atoms with Crippen LogP contribution in [0.3, 0.4) is 0 Å². The van der Waals surface area contributed by atoms with Gasteiger partial charge in [0.2, 0.25) is 0 Å². The molecular formula is C45H71O9P. The molecule has 310 valence electrons. The first-order chi connectivity index (χ1) is 26.6. The second-order valence-electron chi connectivity index (χ2n) is 13.2. The van der Waals surface area contributed by atoms with Gasteiger partial charge in [0.25, 0.3) is 0 Å². The topological polar surface area (TPSA) is 140 Å². The van der Waals surface area contributed by atoms with Crippen molar-refractivity contribution in [3.63, 3.8) is 0 Å². The van der Waals surface area contributed by atoms with E-state index in [2.05, 4.69) is 109 Å². The van der Waals surface area contributed by atoms with E-state index in [4.69, 9.17) is 19.3 Å². The van der Waals surface area contributed by atoms with Crippen LogP contribution in [0.15, 0.2) is 109 Å². The first-order valence-corrected chi connectivity index (χ1v) is 21.7. The van der Waals surface area contributed by atoms with Gasteiger partial charge in [0.15, 0.2) is 6.10 Å². The Morgan fingerprint density at radius 3 is 1.42 bits per heavy atom. The number of carbonyl (C=O) groups excluding carboxylic acids is 2. The van der Waals surface area contributed by atoms with Crippen molar-refractivity contribution in [2.24, 2.45) is 0 Å². The lowest BCUT2D eigenvalue weighted by Gasteiger charge is -2.18. The van der Waals surface area contributed by atoms with Crippen molar-refractivity contribution in [1.82, 2.24) is 0 Å². The number of ether oxygens (including phenoxy) is 2. The number of unbranched alkanes of at least 4 members (excludes halogenated alkanes) is 5. The van der Waals surface area contributed by atoms with Gasteiger partial charge in [0.05, 0.1) is 12.7 Å². The van der Waals surface area contributed by atoms with Crippen LogP contribution < -0.4 is 0 Å². The molecule has 0 unspecified atom stereocenters. The van der Waals surface area contributed by atoms with Crippen molar-refractivity contribution < 1.29 is 43.0 Å². The minimum Gasteiger partial charge on any atom is -0.462 e. The molecule has 0 radical (unpaired) electrons. The first-order valence-electron chi connectivity index (χ1n) is 20.2. The summed E-state index contributed by atoms with van der Waals surface area (Å²) in [4.78, 5) is 42.8. The molecule has 0 rings (SSSR count). The maximum absolute atomic E-state index is 12.4. The maximum atomic E-state index is 12.4. The number of allylic oxidation sites excluding steroid dienone is 18. The van der Waals surface area contributed by atoms with E-state index in [-0.39, 0.29) is 25.6 Å². The number of aliphatic hydroxyl groups is 1. The lowest BCUT2D eigenvalue weighted by atomic mass is 10.1. The number of aliphatic hydroxyl groups excluding tert-OH is 1. The Kier molecular flexibility index (Phi) is 36.6. The summed E-state index contributed by atoms with van der Waals surface area (Å²) >= 11 is 0. The van der Waals surface area contributed by atoms with Crippen LogP contribution in [0.1, 0.15) is 136 Å². The molecule has 0 spiro atoms. The van der Waals surface area contributed by atoms with Gasteiger partial charge in [-0.15, -0.1) is 0 Å². The van der Waals surface area contributed by atoms with E-state index >= 15 is 0 Å². The number of phosphoric acid groups is 1. The quantitative estimate of drug-likeness (QED) is 0.0248. The summed E-state index contributed by atoms with van der Waals surface area (Å²) in [6.07, 6.45) is 52.3. The van der Waals surface area contributed by atoms with Gasteiger partial charge in [-0.25, -0.2) is 4.57 Å². The third-order valence-corrected chi connectivity index (χ3v) is 8.28. The largest absolute Gasteiger partial charge is 0.469 e. The number of esters is 2. The van der Waals surface area contributed by atoms with Crippen LogP contribution in [0, 0.1) is 0 Å². The summed E-state index contributed by atoms with van der Waals surface area (Å²) in [6, 6.07) is 0. The van der Waals surface area contributed by atoms with E-state index < -0.39 is 32.5 Å². The van der Waals surface area contributed by atoms with Crippen molar-refractivity contribution >= 4 is 19.8 Å². The molecule has 0 saturated heterocycles. The van der Waals surface area contributed by atoms with E-state index in [0.717, 1.165) is 89.9 Å². The zero-order valence-electron chi connectivity index (χ0n) is 33.6. The van der Waals surface area contributed by atoms with Gasteiger partial charge >= 0.3 is 19.8 Å². The number of rotatable bonds is 35. The smallest absolute Gasteiger partial charge is 0.462 e. The van der Waals surface area contributed by atoms with Gasteiger partial charge in [-0.3, -0.25) is 14.1 Å². The standard InChI is InChI=1S/C45H71O9P/c1-3-4-5-6-7-8-9-10-11-12-13-14-17-21-24-27-30-33-36-39-45(48)54-43(41-53-55(49,50)51)40-52-44(47)38-35-32-29-26-23-20-18-15-16-19-22-25-28-31-34-37-42(2)46/h4-5,7-8,10-11,13-14,16,18-21,24-26,28-29,42-43,46H,3,6,9,12,15,17,22-23,27,30-41H2,1-2H3,(H2,49,50,51)/b5-4-,8-7-,11-10-,14-13-,19-16-,20-18-,24-21-,28-25-,29-26-/t42-,43-/m1/s1. The number of hydrogen-bond donors (Lipinski definition) is 3.